The molecular formula is C22H24ClFN2O2. The molecule has 0 aliphatic heterocycles. The summed E-state index contributed by atoms with van der Waals surface area (Å²) >= 11 is 5.95. The number of hydrogen-bond donors (Lipinski definition) is 1. The van der Waals surface area contributed by atoms with E-state index in [1.807, 2.05) is 19.1 Å². The van der Waals surface area contributed by atoms with E-state index in [0.29, 0.717) is 10.7 Å². The summed E-state index contributed by atoms with van der Waals surface area (Å²) in [6.07, 6.45) is 3.56. The Balaban J connectivity index is 1.86. The van der Waals surface area contributed by atoms with Gasteiger partial charge in [-0.2, -0.15) is 0 Å². The largest absolute Gasteiger partial charge is 0.487 e. The number of benzene rings is 2. The molecule has 28 heavy (non-hydrogen) atoms. The van der Waals surface area contributed by atoms with Gasteiger partial charge in [0, 0.05) is 22.8 Å². The topological polar surface area (TPSA) is 55.6 Å². The molecule has 0 saturated heterocycles. The third-order valence-corrected chi connectivity index (χ3v) is 5.32. The van der Waals surface area contributed by atoms with Gasteiger partial charge in [-0.1, -0.05) is 30.3 Å². The SMILES string of the molecule is C=CC(=O)N(c1ccc(O[C@@H]2CC[C@@H](N)C2)c(F)c1)[C@@H](C)c1ccc(Cl)cc1. The first-order valence-corrected chi connectivity index (χ1v) is 9.69. The number of ether oxygens (including phenoxy) is 1. The van der Waals surface area contributed by atoms with Crippen molar-refractivity contribution in [2.75, 3.05) is 4.90 Å². The lowest BCUT2D eigenvalue weighted by Gasteiger charge is -2.29. The second kappa shape index (κ2) is 8.76. The third kappa shape index (κ3) is 4.54. The van der Waals surface area contributed by atoms with Crippen molar-refractivity contribution in [2.24, 2.45) is 5.73 Å². The summed E-state index contributed by atoms with van der Waals surface area (Å²) in [6.45, 7) is 5.44. The highest BCUT2D eigenvalue weighted by molar-refractivity contribution is 6.30. The molecule has 1 amide bonds. The molecule has 3 atom stereocenters. The number of carbonyl (C=O) groups is 1. The van der Waals surface area contributed by atoms with Gasteiger partial charge in [0.25, 0.3) is 5.91 Å². The molecule has 4 nitrogen and oxygen atoms in total. The molecule has 1 fully saturated rings. The number of carbonyl (C=O) groups excluding carboxylic acids is 1. The van der Waals surface area contributed by atoms with E-state index in [1.54, 1.807) is 24.3 Å². The van der Waals surface area contributed by atoms with Crippen LogP contribution in [0.5, 0.6) is 5.75 Å². The maximum absolute atomic E-state index is 14.7. The van der Waals surface area contributed by atoms with Crippen molar-refractivity contribution in [3.8, 4) is 5.75 Å². The molecule has 148 valence electrons. The molecule has 2 aromatic carbocycles. The van der Waals surface area contributed by atoms with Gasteiger partial charge in [-0.25, -0.2) is 4.39 Å². The summed E-state index contributed by atoms with van der Waals surface area (Å²) in [6, 6.07) is 11.5. The van der Waals surface area contributed by atoms with Crippen LogP contribution in [0, 0.1) is 5.82 Å². The van der Waals surface area contributed by atoms with Crippen LogP contribution in [0.3, 0.4) is 0 Å². The van der Waals surface area contributed by atoms with Gasteiger partial charge >= 0.3 is 0 Å². The molecule has 0 unspecified atom stereocenters. The number of amides is 1. The van der Waals surface area contributed by atoms with Crippen LogP contribution in [0.4, 0.5) is 10.1 Å². The first-order chi connectivity index (χ1) is 13.4. The monoisotopic (exact) mass is 402 g/mol. The van der Waals surface area contributed by atoms with E-state index < -0.39 is 5.82 Å². The van der Waals surface area contributed by atoms with Crippen molar-refractivity contribution in [1.29, 1.82) is 0 Å². The second-order valence-corrected chi connectivity index (χ2v) is 7.50. The Morgan fingerprint density at radius 1 is 1.32 bits per heavy atom. The van der Waals surface area contributed by atoms with Gasteiger partial charge < -0.3 is 15.4 Å². The predicted octanol–water partition coefficient (Wildman–Crippen LogP) is 5.02. The van der Waals surface area contributed by atoms with Crippen LogP contribution < -0.4 is 15.4 Å². The first kappa shape index (κ1) is 20.4. The number of anilines is 1. The molecule has 1 aliphatic rings. The zero-order chi connectivity index (χ0) is 20.3. The zero-order valence-electron chi connectivity index (χ0n) is 15.8. The quantitative estimate of drug-likeness (QED) is 0.690. The van der Waals surface area contributed by atoms with E-state index in [-0.39, 0.29) is 29.8 Å². The van der Waals surface area contributed by atoms with Crippen LogP contribution >= 0.6 is 11.6 Å². The lowest BCUT2D eigenvalue weighted by Crippen LogP contribution is -2.32. The van der Waals surface area contributed by atoms with Gasteiger partial charge in [0.1, 0.15) is 6.10 Å². The summed E-state index contributed by atoms with van der Waals surface area (Å²) in [7, 11) is 0. The molecule has 0 aromatic heterocycles. The minimum absolute atomic E-state index is 0.0748. The van der Waals surface area contributed by atoms with Gasteiger partial charge in [0.05, 0.1) is 6.04 Å². The molecule has 1 aliphatic carbocycles. The van der Waals surface area contributed by atoms with Crippen molar-refractivity contribution in [3.63, 3.8) is 0 Å². The van der Waals surface area contributed by atoms with Gasteiger partial charge in [-0.15, -0.1) is 0 Å². The maximum Gasteiger partial charge on any atom is 0.250 e. The Kier molecular flexibility index (Phi) is 6.37. The Morgan fingerprint density at radius 2 is 2.04 bits per heavy atom. The van der Waals surface area contributed by atoms with E-state index in [4.69, 9.17) is 22.1 Å². The fourth-order valence-corrected chi connectivity index (χ4v) is 3.65. The summed E-state index contributed by atoms with van der Waals surface area (Å²) in [4.78, 5) is 14.0. The fraction of sp³-hybridized carbons (Fsp3) is 0.318. The van der Waals surface area contributed by atoms with Crippen molar-refractivity contribution in [1.82, 2.24) is 0 Å². The van der Waals surface area contributed by atoms with Crippen molar-refractivity contribution in [3.05, 3.63) is 71.5 Å². The standard InChI is InChI=1S/C22H24ClFN2O2/c1-3-22(27)26(14(2)15-4-6-16(23)7-5-15)18-9-11-21(20(24)13-18)28-19-10-8-17(25)12-19/h3-7,9,11,13-14,17,19H,1,8,10,12,25H2,2H3/t14-,17+,19+/m0/s1. The van der Waals surface area contributed by atoms with E-state index in [0.717, 1.165) is 24.8 Å². The number of hydrogen-bond acceptors (Lipinski definition) is 3. The van der Waals surface area contributed by atoms with Crippen LogP contribution in [-0.4, -0.2) is 18.1 Å². The Labute approximate surface area is 169 Å². The molecule has 6 heteroatoms. The summed E-state index contributed by atoms with van der Waals surface area (Å²) < 4.78 is 20.5. The predicted molar refractivity (Wildman–Crippen MR) is 110 cm³/mol. The number of rotatable bonds is 6. The zero-order valence-corrected chi connectivity index (χ0v) is 16.5. The Bertz CT molecular complexity index is 856. The molecule has 2 aromatic rings. The van der Waals surface area contributed by atoms with Crippen LogP contribution in [0.25, 0.3) is 0 Å². The smallest absolute Gasteiger partial charge is 0.250 e. The van der Waals surface area contributed by atoms with Gasteiger partial charge in [-0.3, -0.25) is 4.79 Å². The highest BCUT2D eigenvalue weighted by Crippen LogP contribution is 2.32. The molecule has 0 spiro atoms. The van der Waals surface area contributed by atoms with Crippen LogP contribution in [0.1, 0.15) is 37.8 Å². The molecule has 2 N–H and O–H groups in total. The minimum atomic E-state index is -0.511. The van der Waals surface area contributed by atoms with Crippen LogP contribution in [0.15, 0.2) is 55.1 Å². The van der Waals surface area contributed by atoms with Crippen molar-refractivity contribution >= 4 is 23.2 Å². The fourth-order valence-electron chi connectivity index (χ4n) is 3.53. The highest BCUT2D eigenvalue weighted by atomic mass is 35.5. The number of nitrogens with two attached hydrogens (primary N) is 1. The van der Waals surface area contributed by atoms with E-state index in [1.165, 1.54) is 17.0 Å². The van der Waals surface area contributed by atoms with Gasteiger partial charge in [0.15, 0.2) is 11.6 Å². The van der Waals surface area contributed by atoms with Crippen LogP contribution in [0.2, 0.25) is 5.02 Å². The van der Waals surface area contributed by atoms with Gasteiger partial charge in [0.2, 0.25) is 0 Å². The normalized spacial score (nSPS) is 19.9. The Morgan fingerprint density at radius 3 is 2.61 bits per heavy atom. The van der Waals surface area contributed by atoms with Gasteiger partial charge in [-0.05, 0) is 62.1 Å². The summed E-state index contributed by atoms with van der Waals surface area (Å²) in [5.41, 5.74) is 7.20. The van der Waals surface area contributed by atoms with E-state index in [2.05, 4.69) is 6.58 Å². The van der Waals surface area contributed by atoms with E-state index in [9.17, 15) is 9.18 Å². The maximum atomic E-state index is 14.7. The third-order valence-electron chi connectivity index (χ3n) is 5.06. The van der Waals surface area contributed by atoms with Crippen LogP contribution in [-0.2, 0) is 4.79 Å². The lowest BCUT2D eigenvalue weighted by atomic mass is 10.1. The molecular weight excluding hydrogens is 379 g/mol. The van der Waals surface area contributed by atoms with E-state index >= 15 is 0 Å². The lowest BCUT2D eigenvalue weighted by molar-refractivity contribution is -0.114. The highest BCUT2D eigenvalue weighted by Gasteiger charge is 2.26. The van der Waals surface area contributed by atoms with Crippen molar-refractivity contribution < 1.29 is 13.9 Å². The molecule has 0 radical (unpaired) electrons. The summed E-state index contributed by atoms with van der Waals surface area (Å²) in [5, 5.41) is 0.608. The first-order valence-electron chi connectivity index (χ1n) is 9.32. The Hall–Kier alpha value is -2.37. The molecule has 0 heterocycles. The van der Waals surface area contributed by atoms with Crippen molar-refractivity contribution in [2.45, 2.75) is 44.4 Å². The average Bonchev–Trinajstić information content (AvgIpc) is 3.09. The molecule has 3 rings (SSSR count). The molecule has 1 saturated carbocycles. The number of nitrogens with zero attached hydrogens (tertiary/aromatic N) is 1. The minimum Gasteiger partial charge on any atom is -0.487 e. The summed E-state index contributed by atoms with van der Waals surface area (Å²) in [5.74, 6) is -0.659. The second-order valence-electron chi connectivity index (χ2n) is 7.07. The molecule has 0 bridgehead atoms. The average molecular weight is 403 g/mol. The number of halogens is 2.